The average molecular weight is 159 g/mol. The van der Waals surface area contributed by atoms with Crippen LogP contribution in [-0.2, 0) is 0 Å². The van der Waals surface area contributed by atoms with E-state index in [9.17, 15) is 0 Å². The molecule has 1 aliphatic carbocycles. The maximum Gasteiger partial charge on any atom is 0.0506 e. The van der Waals surface area contributed by atoms with Gasteiger partial charge in [-0.15, -0.1) is 0 Å². The molecular formula is C6H7Br. The van der Waals surface area contributed by atoms with E-state index in [1.165, 1.54) is 0 Å². The van der Waals surface area contributed by atoms with Crippen LogP contribution >= 0.6 is 15.9 Å². The lowest BCUT2D eigenvalue weighted by atomic mass is 10.2. The molecule has 0 unspecified atom stereocenters. The number of rotatable bonds is 0. The van der Waals surface area contributed by atoms with Gasteiger partial charge in [0.15, 0.2) is 0 Å². The summed E-state index contributed by atoms with van der Waals surface area (Å²) in [5, 5.41) is 0. The summed E-state index contributed by atoms with van der Waals surface area (Å²) >= 11 is 3.41. The molecule has 0 bridgehead atoms. The van der Waals surface area contributed by atoms with Crippen molar-refractivity contribution in [2.24, 2.45) is 0 Å². The van der Waals surface area contributed by atoms with Gasteiger partial charge in [-0.05, 0) is 6.42 Å². The second kappa shape index (κ2) is 2.31. The van der Waals surface area contributed by atoms with E-state index in [1.54, 1.807) is 0 Å². The molecule has 0 aromatic heterocycles. The maximum absolute atomic E-state index is 3.41. The zero-order valence-corrected chi connectivity index (χ0v) is 5.56. The molecule has 1 rings (SSSR count). The van der Waals surface area contributed by atoms with E-state index >= 15 is 0 Å². The first-order chi connectivity index (χ1) is 3.39. The van der Waals surface area contributed by atoms with Crippen molar-refractivity contribution >= 4 is 15.9 Å². The summed E-state index contributed by atoms with van der Waals surface area (Å²) in [6, 6.07) is 0. The van der Waals surface area contributed by atoms with Crippen LogP contribution in [0.2, 0.25) is 0 Å². The fraction of sp³-hybridized carbons (Fsp3) is 0.333. The Labute approximate surface area is 52.0 Å². The normalized spacial score (nSPS) is 20.7. The summed E-state index contributed by atoms with van der Waals surface area (Å²) in [4.78, 5) is 0.487. The van der Waals surface area contributed by atoms with Gasteiger partial charge in [-0.3, -0.25) is 0 Å². The van der Waals surface area contributed by atoms with Crippen molar-refractivity contribution in [2.75, 3.05) is 0 Å². The lowest BCUT2D eigenvalue weighted by Gasteiger charge is -1.98. The molecule has 0 heterocycles. The van der Waals surface area contributed by atoms with Gasteiger partial charge in [-0.1, -0.05) is 40.2 Å². The maximum atomic E-state index is 3.41. The highest BCUT2D eigenvalue weighted by atomic mass is 79.9. The highest BCUT2D eigenvalue weighted by molar-refractivity contribution is 9.09. The highest BCUT2D eigenvalue weighted by Gasteiger charge is 1.92. The van der Waals surface area contributed by atoms with Crippen LogP contribution in [0.25, 0.3) is 0 Å². The molecule has 0 aliphatic heterocycles. The van der Waals surface area contributed by atoms with E-state index in [0.29, 0.717) is 4.83 Å². The monoisotopic (exact) mass is 158 g/mol. The van der Waals surface area contributed by atoms with Crippen LogP contribution in [0.15, 0.2) is 24.3 Å². The first-order valence-electron chi connectivity index (χ1n) is 2.37. The van der Waals surface area contributed by atoms with Crippen molar-refractivity contribution in [2.45, 2.75) is 11.2 Å². The van der Waals surface area contributed by atoms with Crippen LogP contribution in [0.4, 0.5) is 0 Å². The van der Waals surface area contributed by atoms with Crippen LogP contribution in [0, 0.1) is 0 Å². The second-order valence-corrected chi connectivity index (χ2v) is 2.59. The first-order valence-corrected chi connectivity index (χ1v) is 3.28. The minimum Gasteiger partial charge on any atom is -0.0833 e. The first kappa shape index (κ1) is 5.10. The SMILES string of the molecule is BrC1C=CCC=C1. The molecule has 0 amide bonds. The van der Waals surface area contributed by atoms with Gasteiger partial charge in [-0.25, -0.2) is 0 Å². The highest BCUT2D eigenvalue weighted by Crippen LogP contribution is 2.08. The molecule has 1 heteroatoms. The molecular weight excluding hydrogens is 152 g/mol. The number of halogens is 1. The summed E-state index contributed by atoms with van der Waals surface area (Å²) in [6.07, 6.45) is 9.68. The minimum atomic E-state index is 0.487. The quantitative estimate of drug-likeness (QED) is 0.375. The topological polar surface area (TPSA) is 0 Å². The summed E-state index contributed by atoms with van der Waals surface area (Å²) in [5.41, 5.74) is 0. The molecule has 0 radical (unpaired) electrons. The molecule has 7 heavy (non-hydrogen) atoms. The molecule has 0 nitrogen and oxygen atoms in total. The Morgan fingerprint density at radius 2 is 1.86 bits per heavy atom. The molecule has 0 aromatic carbocycles. The summed E-state index contributed by atoms with van der Waals surface area (Å²) in [5.74, 6) is 0. The zero-order chi connectivity index (χ0) is 5.11. The lowest BCUT2D eigenvalue weighted by Crippen LogP contribution is -1.87. The molecule has 0 saturated carbocycles. The molecule has 1 aliphatic rings. The van der Waals surface area contributed by atoms with E-state index < -0.39 is 0 Å². The van der Waals surface area contributed by atoms with Crippen molar-refractivity contribution in [3.05, 3.63) is 24.3 Å². The average Bonchev–Trinajstić information content (AvgIpc) is 1.69. The molecule has 0 N–H and O–H groups in total. The van der Waals surface area contributed by atoms with Crippen molar-refractivity contribution in [1.82, 2.24) is 0 Å². The zero-order valence-electron chi connectivity index (χ0n) is 3.97. The van der Waals surface area contributed by atoms with Crippen molar-refractivity contribution in [3.8, 4) is 0 Å². The summed E-state index contributed by atoms with van der Waals surface area (Å²) < 4.78 is 0. The third-order valence-electron chi connectivity index (χ3n) is 0.912. The molecule has 0 saturated heterocycles. The summed E-state index contributed by atoms with van der Waals surface area (Å²) in [6.45, 7) is 0. The van der Waals surface area contributed by atoms with E-state index in [4.69, 9.17) is 0 Å². The Morgan fingerprint density at radius 1 is 1.29 bits per heavy atom. The van der Waals surface area contributed by atoms with E-state index in [-0.39, 0.29) is 0 Å². The standard InChI is InChI=1S/C6H7Br/c7-6-4-2-1-3-5-6/h2-6H,1H2. The smallest absolute Gasteiger partial charge is 0.0506 e. The fourth-order valence-electron chi connectivity index (χ4n) is 0.560. The number of hydrogen-bond donors (Lipinski definition) is 0. The lowest BCUT2D eigenvalue weighted by molar-refractivity contribution is 1.26. The second-order valence-electron chi connectivity index (χ2n) is 1.54. The van der Waals surface area contributed by atoms with E-state index in [2.05, 4.69) is 40.2 Å². The Balaban J connectivity index is 2.49. The van der Waals surface area contributed by atoms with Gasteiger partial charge in [-0.2, -0.15) is 0 Å². The van der Waals surface area contributed by atoms with Gasteiger partial charge in [0.05, 0.1) is 4.83 Å². The van der Waals surface area contributed by atoms with Gasteiger partial charge in [0.25, 0.3) is 0 Å². The van der Waals surface area contributed by atoms with E-state index in [0.717, 1.165) is 6.42 Å². The van der Waals surface area contributed by atoms with Gasteiger partial charge in [0.1, 0.15) is 0 Å². The Kier molecular flexibility index (Phi) is 1.69. The van der Waals surface area contributed by atoms with Crippen LogP contribution < -0.4 is 0 Å². The fourth-order valence-corrected chi connectivity index (χ4v) is 0.992. The third kappa shape index (κ3) is 1.48. The largest absolute Gasteiger partial charge is 0.0833 e. The molecule has 38 valence electrons. The van der Waals surface area contributed by atoms with Crippen molar-refractivity contribution in [3.63, 3.8) is 0 Å². The number of hydrogen-bond acceptors (Lipinski definition) is 0. The molecule has 0 spiro atoms. The van der Waals surface area contributed by atoms with Crippen molar-refractivity contribution < 1.29 is 0 Å². The van der Waals surface area contributed by atoms with Gasteiger partial charge in [0.2, 0.25) is 0 Å². The van der Waals surface area contributed by atoms with E-state index in [1.807, 2.05) is 0 Å². The van der Waals surface area contributed by atoms with Crippen LogP contribution in [0.5, 0.6) is 0 Å². The molecule has 0 fully saturated rings. The predicted molar refractivity (Wildman–Crippen MR) is 35.6 cm³/mol. The number of allylic oxidation sites excluding steroid dienone is 4. The van der Waals surface area contributed by atoms with Gasteiger partial charge in [0, 0.05) is 0 Å². The number of alkyl halides is 1. The third-order valence-corrected chi connectivity index (χ3v) is 1.52. The van der Waals surface area contributed by atoms with Gasteiger partial charge < -0.3 is 0 Å². The van der Waals surface area contributed by atoms with Crippen LogP contribution in [-0.4, -0.2) is 4.83 Å². The Bertz CT molecular complexity index is 90.7. The summed E-state index contributed by atoms with van der Waals surface area (Å²) in [7, 11) is 0. The van der Waals surface area contributed by atoms with Crippen molar-refractivity contribution in [1.29, 1.82) is 0 Å². The Morgan fingerprint density at radius 3 is 2.14 bits per heavy atom. The molecule has 0 atom stereocenters. The van der Waals surface area contributed by atoms with Crippen LogP contribution in [0.1, 0.15) is 6.42 Å². The predicted octanol–water partition coefficient (Wildman–Crippen LogP) is 2.27. The van der Waals surface area contributed by atoms with Gasteiger partial charge >= 0.3 is 0 Å². The minimum absolute atomic E-state index is 0.487. The molecule has 0 aromatic rings. The van der Waals surface area contributed by atoms with Crippen LogP contribution in [0.3, 0.4) is 0 Å². The Hall–Kier alpha value is -0.0400.